The highest BCUT2D eigenvalue weighted by Gasteiger charge is 2.21. The number of benzene rings is 2. The molecule has 0 fully saturated rings. The van der Waals surface area contributed by atoms with Gasteiger partial charge in [0.2, 0.25) is 0 Å². The fourth-order valence-corrected chi connectivity index (χ4v) is 2.71. The maximum absolute atomic E-state index is 5.95. The third kappa shape index (κ3) is 2.63. The molecule has 1 heterocycles. The smallest absolute Gasteiger partial charge is 0.100 e. The summed E-state index contributed by atoms with van der Waals surface area (Å²) in [6.45, 7) is 1.65. The lowest BCUT2D eigenvalue weighted by atomic mass is 9.97. The number of nitrogens with zero attached hydrogens (tertiary/aromatic N) is 1. The summed E-state index contributed by atoms with van der Waals surface area (Å²) in [5.74, 6) is 0. The van der Waals surface area contributed by atoms with Crippen molar-refractivity contribution in [3.8, 4) is 0 Å². The van der Waals surface area contributed by atoms with Crippen molar-refractivity contribution in [2.24, 2.45) is 0 Å². The van der Waals surface area contributed by atoms with Crippen LogP contribution in [0, 0.1) is 0 Å². The topological polar surface area (TPSA) is 38.5 Å². The number of nitrogens with two attached hydrogens (primary N) is 1. The van der Waals surface area contributed by atoms with Gasteiger partial charge in [-0.25, -0.2) is 0 Å². The monoisotopic (exact) mass is 268 g/mol. The molecule has 2 aromatic rings. The van der Waals surface area contributed by atoms with Crippen molar-refractivity contribution >= 4 is 11.4 Å². The average Bonchev–Trinajstić information content (AvgIpc) is 2.48. The van der Waals surface area contributed by atoms with Crippen LogP contribution in [-0.4, -0.2) is 20.2 Å². The zero-order valence-corrected chi connectivity index (χ0v) is 11.8. The molecule has 3 nitrogen and oxygen atoms in total. The normalized spacial score (nSPS) is 17.6. The molecule has 3 heteroatoms. The molecule has 2 N–H and O–H groups in total. The zero-order valence-electron chi connectivity index (χ0n) is 11.8. The molecular weight excluding hydrogens is 248 g/mol. The Morgan fingerprint density at radius 2 is 1.90 bits per heavy atom. The molecule has 104 valence electrons. The molecule has 0 radical (unpaired) electrons. The molecule has 1 unspecified atom stereocenters. The van der Waals surface area contributed by atoms with Gasteiger partial charge in [-0.1, -0.05) is 24.3 Å². The van der Waals surface area contributed by atoms with Crippen LogP contribution in [0.5, 0.6) is 0 Å². The first-order valence-electron chi connectivity index (χ1n) is 7.00. The van der Waals surface area contributed by atoms with Gasteiger partial charge < -0.3 is 15.4 Å². The molecule has 20 heavy (non-hydrogen) atoms. The van der Waals surface area contributed by atoms with Crippen molar-refractivity contribution in [1.82, 2.24) is 0 Å². The van der Waals surface area contributed by atoms with Crippen LogP contribution < -0.4 is 10.6 Å². The molecular formula is C17H20N2O. The van der Waals surface area contributed by atoms with Gasteiger partial charge in [0.15, 0.2) is 0 Å². The molecule has 0 spiro atoms. The van der Waals surface area contributed by atoms with Crippen molar-refractivity contribution in [2.45, 2.75) is 12.5 Å². The van der Waals surface area contributed by atoms with Gasteiger partial charge in [-0.2, -0.15) is 0 Å². The number of hydrogen-bond acceptors (Lipinski definition) is 3. The van der Waals surface area contributed by atoms with E-state index in [1.54, 1.807) is 0 Å². The summed E-state index contributed by atoms with van der Waals surface area (Å²) < 4.78 is 5.95. The van der Waals surface area contributed by atoms with Crippen LogP contribution in [0.25, 0.3) is 0 Å². The lowest BCUT2D eigenvalue weighted by molar-refractivity contribution is 0.0478. The number of fused-ring (bicyclic) bond motifs is 1. The number of anilines is 2. The second kappa shape index (κ2) is 5.55. The Hall–Kier alpha value is -2.00. The van der Waals surface area contributed by atoms with Crippen LogP contribution >= 0.6 is 0 Å². The summed E-state index contributed by atoms with van der Waals surface area (Å²) in [6, 6.07) is 16.5. The summed E-state index contributed by atoms with van der Waals surface area (Å²) in [5.41, 5.74) is 10.4. The predicted molar refractivity (Wildman–Crippen MR) is 83.0 cm³/mol. The SMILES string of the molecule is CN(CC1OCCc2ccccc21)c1ccc(N)cc1. The number of nitrogen functional groups attached to an aromatic ring is 1. The highest BCUT2D eigenvalue weighted by molar-refractivity contribution is 5.53. The third-order valence-electron chi connectivity index (χ3n) is 3.87. The third-order valence-corrected chi connectivity index (χ3v) is 3.87. The van der Waals surface area contributed by atoms with Crippen LogP contribution in [0.15, 0.2) is 48.5 Å². The van der Waals surface area contributed by atoms with Gasteiger partial charge in [0, 0.05) is 25.0 Å². The molecule has 1 atom stereocenters. The van der Waals surface area contributed by atoms with Crippen LogP contribution in [0.4, 0.5) is 11.4 Å². The van der Waals surface area contributed by atoms with Crippen LogP contribution in [-0.2, 0) is 11.2 Å². The fourth-order valence-electron chi connectivity index (χ4n) is 2.71. The molecule has 1 aliphatic heterocycles. The maximum atomic E-state index is 5.95. The first kappa shape index (κ1) is 13.0. The summed E-state index contributed by atoms with van der Waals surface area (Å²) in [7, 11) is 2.09. The van der Waals surface area contributed by atoms with Crippen molar-refractivity contribution in [3.05, 3.63) is 59.7 Å². The summed E-state index contributed by atoms with van der Waals surface area (Å²) in [4.78, 5) is 2.21. The van der Waals surface area contributed by atoms with E-state index >= 15 is 0 Å². The standard InChI is InChI=1S/C17H20N2O/c1-19(15-8-6-14(18)7-9-15)12-17-16-5-3-2-4-13(16)10-11-20-17/h2-9,17H,10-12,18H2,1H3. The Kier molecular flexibility index (Phi) is 3.61. The first-order chi connectivity index (χ1) is 9.74. The Labute approximate surface area is 120 Å². The highest BCUT2D eigenvalue weighted by atomic mass is 16.5. The molecule has 0 saturated carbocycles. The van der Waals surface area contributed by atoms with E-state index in [0.717, 1.165) is 30.9 Å². The lowest BCUT2D eigenvalue weighted by Crippen LogP contribution is -2.29. The van der Waals surface area contributed by atoms with Gasteiger partial charge in [-0.3, -0.25) is 0 Å². The van der Waals surface area contributed by atoms with E-state index in [9.17, 15) is 0 Å². The first-order valence-corrected chi connectivity index (χ1v) is 7.00. The fraction of sp³-hybridized carbons (Fsp3) is 0.294. The second-order valence-corrected chi connectivity index (χ2v) is 5.28. The predicted octanol–water partition coefficient (Wildman–Crippen LogP) is 3.02. The minimum atomic E-state index is 0.141. The molecule has 0 amide bonds. The van der Waals surface area contributed by atoms with Crippen molar-refractivity contribution < 1.29 is 4.74 Å². The highest BCUT2D eigenvalue weighted by Crippen LogP contribution is 2.28. The largest absolute Gasteiger partial charge is 0.399 e. The quantitative estimate of drug-likeness (QED) is 0.870. The van der Waals surface area contributed by atoms with Crippen molar-refractivity contribution in [1.29, 1.82) is 0 Å². The van der Waals surface area contributed by atoms with Crippen LogP contribution in [0.1, 0.15) is 17.2 Å². The van der Waals surface area contributed by atoms with E-state index < -0.39 is 0 Å². The minimum absolute atomic E-state index is 0.141. The number of ether oxygens (including phenoxy) is 1. The minimum Gasteiger partial charge on any atom is -0.399 e. The van der Waals surface area contributed by atoms with Crippen LogP contribution in [0.2, 0.25) is 0 Å². The lowest BCUT2D eigenvalue weighted by Gasteiger charge is -2.30. The van der Waals surface area contributed by atoms with Crippen molar-refractivity contribution in [2.75, 3.05) is 30.8 Å². The Balaban J connectivity index is 1.77. The van der Waals surface area contributed by atoms with Crippen molar-refractivity contribution in [3.63, 3.8) is 0 Å². The molecule has 1 aliphatic rings. The summed E-state index contributed by atoms with van der Waals surface area (Å²) >= 11 is 0. The van der Waals surface area contributed by atoms with Gasteiger partial charge in [0.05, 0.1) is 6.61 Å². The molecule has 0 aromatic heterocycles. The van der Waals surface area contributed by atoms with Crippen LogP contribution in [0.3, 0.4) is 0 Å². The molecule has 2 aromatic carbocycles. The molecule has 0 aliphatic carbocycles. The van der Waals surface area contributed by atoms with E-state index in [4.69, 9.17) is 10.5 Å². The summed E-state index contributed by atoms with van der Waals surface area (Å²) in [6.07, 6.45) is 1.15. The molecule has 0 saturated heterocycles. The van der Waals surface area contributed by atoms with Gasteiger partial charge >= 0.3 is 0 Å². The van der Waals surface area contributed by atoms with Gasteiger partial charge in [-0.15, -0.1) is 0 Å². The van der Waals surface area contributed by atoms with E-state index in [2.05, 4.69) is 36.2 Å². The Bertz CT molecular complexity index is 580. The number of hydrogen-bond donors (Lipinski definition) is 1. The van der Waals surface area contributed by atoms with Gasteiger partial charge in [0.1, 0.15) is 6.10 Å². The zero-order chi connectivity index (χ0) is 13.9. The van der Waals surface area contributed by atoms with E-state index in [-0.39, 0.29) is 6.10 Å². The Morgan fingerprint density at radius 3 is 2.70 bits per heavy atom. The van der Waals surface area contributed by atoms with E-state index in [1.165, 1.54) is 11.1 Å². The van der Waals surface area contributed by atoms with Gasteiger partial charge in [-0.05, 0) is 41.8 Å². The van der Waals surface area contributed by atoms with E-state index in [1.807, 2.05) is 24.3 Å². The molecule has 3 rings (SSSR count). The van der Waals surface area contributed by atoms with Gasteiger partial charge in [0.25, 0.3) is 0 Å². The number of rotatable bonds is 3. The Morgan fingerprint density at radius 1 is 1.15 bits per heavy atom. The molecule has 0 bridgehead atoms. The second-order valence-electron chi connectivity index (χ2n) is 5.28. The summed E-state index contributed by atoms with van der Waals surface area (Å²) in [5, 5.41) is 0. The van der Waals surface area contributed by atoms with E-state index in [0.29, 0.717) is 0 Å². The number of likely N-dealkylation sites (N-methyl/N-ethyl adjacent to an activating group) is 1. The average molecular weight is 268 g/mol. The maximum Gasteiger partial charge on any atom is 0.100 e.